The zero-order valence-corrected chi connectivity index (χ0v) is 19.7. The standard InChI is InChI=1S/C31H28O4/c1-2-33-29(32)31(28-20-18-25(19-21-28)24-12-6-3-7-13-24)34-22-30(23-35-31,26-14-8-4-9-15-26)27-16-10-5-11-17-27/h3-21H,2,22-23H2,1H3. The Morgan fingerprint density at radius 1 is 0.657 bits per heavy atom. The summed E-state index contributed by atoms with van der Waals surface area (Å²) in [6, 6.07) is 38.2. The van der Waals surface area contributed by atoms with Gasteiger partial charge < -0.3 is 14.2 Å². The van der Waals surface area contributed by atoms with E-state index in [1.165, 1.54) is 0 Å². The van der Waals surface area contributed by atoms with Crippen molar-refractivity contribution in [1.82, 2.24) is 0 Å². The fraction of sp³-hybridized carbons (Fsp3) is 0.194. The molecule has 1 fully saturated rings. The van der Waals surface area contributed by atoms with Crippen LogP contribution >= 0.6 is 0 Å². The SMILES string of the molecule is CCOC(=O)C1(c2ccc(-c3ccccc3)cc2)OCC(c2ccccc2)(c2ccccc2)CO1. The maximum absolute atomic E-state index is 13.3. The van der Waals surface area contributed by atoms with Gasteiger partial charge in [-0.3, -0.25) is 0 Å². The first-order valence-electron chi connectivity index (χ1n) is 11.9. The van der Waals surface area contributed by atoms with Crippen molar-refractivity contribution in [3.05, 3.63) is 132 Å². The first-order chi connectivity index (χ1) is 17.2. The van der Waals surface area contributed by atoms with Gasteiger partial charge in [0.05, 0.1) is 25.2 Å². The molecule has 0 radical (unpaired) electrons. The highest BCUT2D eigenvalue weighted by Crippen LogP contribution is 2.43. The van der Waals surface area contributed by atoms with Gasteiger partial charge in [-0.05, 0) is 29.2 Å². The third-order valence-corrected chi connectivity index (χ3v) is 6.61. The van der Waals surface area contributed by atoms with E-state index in [0.717, 1.165) is 22.3 Å². The molecule has 1 saturated heterocycles. The van der Waals surface area contributed by atoms with Gasteiger partial charge in [-0.2, -0.15) is 0 Å². The Balaban J connectivity index is 1.52. The first-order valence-corrected chi connectivity index (χ1v) is 11.9. The largest absolute Gasteiger partial charge is 0.462 e. The molecule has 0 amide bonds. The number of hydrogen-bond donors (Lipinski definition) is 0. The molecule has 1 aliphatic heterocycles. The fourth-order valence-corrected chi connectivity index (χ4v) is 4.69. The third-order valence-electron chi connectivity index (χ3n) is 6.61. The average molecular weight is 465 g/mol. The normalized spacial score (nSPS) is 16.4. The van der Waals surface area contributed by atoms with Crippen molar-refractivity contribution in [1.29, 1.82) is 0 Å². The second kappa shape index (κ2) is 9.87. The van der Waals surface area contributed by atoms with E-state index in [9.17, 15) is 4.79 Å². The van der Waals surface area contributed by atoms with Crippen molar-refractivity contribution < 1.29 is 19.0 Å². The Labute approximate surface area is 206 Å². The summed E-state index contributed by atoms with van der Waals surface area (Å²) in [5.74, 6) is -2.17. The Kier molecular flexibility index (Phi) is 6.49. The van der Waals surface area contributed by atoms with E-state index < -0.39 is 17.2 Å². The summed E-state index contributed by atoms with van der Waals surface area (Å²) in [7, 11) is 0. The first kappa shape index (κ1) is 23.0. The van der Waals surface area contributed by atoms with Crippen LogP contribution in [0, 0.1) is 0 Å². The molecule has 4 heteroatoms. The van der Waals surface area contributed by atoms with Gasteiger partial charge in [0.25, 0.3) is 5.79 Å². The number of ether oxygens (including phenoxy) is 3. The van der Waals surface area contributed by atoms with E-state index in [-0.39, 0.29) is 19.8 Å². The summed E-state index contributed by atoms with van der Waals surface area (Å²) in [4.78, 5) is 13.3. The lowest BCUT2D eigenvalue weighted by atomic mass is 9.75. The zero-order chi connectivity index (χ0) is 24.1. The van der Waals surface area contributed by atoms with Gasteiger partial charge in [-0.15, -0.1) is 0 Å². The summed E-state index contributed by atoms with van der Waals surface area (Å²) >= 11 is 0. The predicted octanol–water partition coefficient (Wildman–Crippen LogP) is 6.10. The van der Waals surface area contributed by atoms with Crippen molar-refractivity contribution in [3.63, 3.8) is 0 Å². The van der Waals surface area contributed by atoms with Crippen LogP contribution in [0.15, 0.2) is 115 Å². The minimum Gasteiger partial charge on any atom is -0.462 e. The molecule has 4 aromatic carbocycles. The Morgan fingerprint density at radius 3 is 1.60 bits per heavy atom. The van der Waals surface area contributed by atoms with Crippen LogP contribution in [0.1, 0.15) is 23.6 Å². The van der Waals surface area contributed by atoms with E-state index in [4.69, 9.17) is 14.2 Å². The van der Waals surface area contributed by atoms with Gasteiger partial charge in [-0.1, -0.05) is 115 Å². The maximum atomic E-state index is 13.3. The summed E-state index contributed by atoms with van der Waals surface area (Å²) in [5, 5.41) is 0. The molecule has 0 aliphatic carbocycles. The average Bonchev–Trinajstić information content (AvgIpc) is 2.95. The van der Waals surface area contributed by atoms with Crippen LogP contribution in [-0.2, 0) is 30.2 Å². The Morgan fingerprint density at radius 2 is 1.11 bits per heavy atom. The van der Waals surface area contributed by atoms with Crippen molar-refractivity contribution >= 4 is 5.97 Å². The lowest BCUT2D eigenvalue weighted by Crippen LogP contribution is -2.55. The molecule has 0 N–H and O–H groups in total. The van der Waals surface area contributed by atoms with Crippen molar-refractivity contribution in [2.45, 2.75) is 18.1 Å². The molecule has 4 nitrogen and oxygen atoms in total. The predicted molar refractivity (Wildman–Crippen MR) is 136 cm³/mol. The van der Waals surface area contributed by atoms with Gasteiger partial charge >= 0.3 is 5.97 Å². The molecule has 35 heavy (non-hydrogen) atoms. The van der Waals surface area contributed by atoms with Gasteiger partial charge in [0.15, 0.2) is 0 Å². The lowest BCUT2D eigenvalue weighted by Gasteiger charge is -2.45. The second-order valence-electron chi connectivity index (χ2n) is 8.67. The summed E-state index contributed by atoms with van der Waals surface area (Å²) in [6.45, 7) is 2.55. The number of esters is 1. The highest BCUT2D eigenvalue weighted by Gasteiger charge is 2.53. The quantitative estimate of drug-likeness (QED) is 0.323. The molecule has 1 aliphatic rings. The second-order valence-corrected chi connectivity index (χ2v) is 8.67. The zero-order valence-electron chi connectivity index (χ0n) is 19.7. The number of hydrogen-bond acceptors (Lipinski definition) is 4. The maximum Gasteiger partial charge on any atom is 0.372 e. The van der Waals surface area contributed by atoms with Crippen LogP contribution in [0.2, 0.25) is 0 Å². The lowest BCUT2D eigenvalue weighted by molar-refractivity contribution is -0.290. The van der Waals surface area contributed by atoms with E-state index in [0.29, 0.717) is 5.56 Å². The van der Waals surface area contributed by atoms with E-state index in [1.54, 1.807) is 6.92 Å². The highest BCUT2D eigenvalue weighted by atomic mass is 16.7. The van der Waals surface area contributed by atoms with Gasteiger partial charge in [-0.25, -0.2) is 4.79 Å². The van der Waals surface area contributed by atoms with Crippen LogP contribution in [0.25, 0.3) is 11.1 Å². The summed E-state index contributed by atoms with van der Waals surface area (Å²) in [5.41, 5.74) is 4.35. The topological polar surface area (TPSA) is 44.8 Å². The van der Waals surface area contributed by atoms with Gasteiger partial charge in [0.2, 0.25) is 0 Å². The fourth-order valence-electron chi connectivity index (χ4n) is 4.69. The molecule has 5 rings (SSSR count). The van der Waals surface area contributed by atoms with Crippen LogP contribution in [0.4, 0.5) is 0 Å². The molecule has 176 valence electrons. The molecule has 0 atom stereocenters. The minimum atomic E-state index is -1.63. The highest BCUT2D eigenvalue weighted by molar-refractivity contribution is 5.80. The molecule has 4 aromatic rings. The molecule has 0 spiro atoms. The van der Waals surface area contributed by atoms with Crippen molar-refractivity contribution in [2.24, 2.45) is 0 Å². The third kappa shape index (κ3) is 4.27. The molecular weight excluding hydrogens is 436 g/mol. The Bertz CT molecular complexity index is 1200. The summed E-state index contributed by atoms with van der Waals surface area (Å²) in [6.07, 6.45) is 0. The molecule has 1 heterocycles. The number of carbonyl (C=O) groups excluding carboxylic acids is 1. The van der Waals surface area contributed by atoms with Gasteiger partial charge in [0, 0.05) is 5.56 Å². The van der Waals surface area contributed by atoms with Crippen LogP contribution in [0.3, 0.4) is 0 Å². The molecule has 0 saturated carbocycles. The van der Waals surface area contributed by atoms with Gasteiger partial charge in [0.1, 0.15) is 0 Å². The van der Waals surface area contributed by atoms with Crippen molar-refractivity contribution in [3.8, 4) is 11.1 Å². The smallest absolute Gasteiger partial charge is 0.372 e. The summed E-state index contributed by atoms with van der Waals surface area (Å²) < 4.78 is 18.3. The molecule has 0 aromatic heterocycles. The number of carbonyl (C=O) groups is 1. The van der Waals surface area contributed by atoms with Crippen LogP contribution in [-0.4, -0.2) is 25.8 Å². The minimum absolute atomic E-state index is 0.234. The van der Waals surface area contributed by atoms with Crippen LogP contribution < -0.4 is 0 Å². The number of rotatable bonds is 6. The monoisotopic (exact) mass is 464 g/mol. The Hall–Kier alpha value is -3.73. The molecular formula is C31H28O4. The van der Waals surface area contributed by atoms with E-state index >= 15 is 0 Å². The number of benzene rings is 4. The van der Waals surface area contributed by atoms with E-state index in [1.807, 2.05) is 78.9 Å². The van der Waals surface area contributed by atoms with Crippen LogP contribution in [0.5, 0.6) is 0 Å². The van der Waals surface area contributed by atoms with E-state index in [2.05, 4.69) is 36.4 Å². The molecule has 0 bridgehead atoms. The molecule has 0 unspecified atom stereocenters. The van der Waals surface area contributed by atoms with Crippen molar-refractivity contribution in [2.75, 3.05) is 19.8 Å².